The summed E-state index contributed by atoms with van der Waals surface area (Å²) in [5, 5.41) is 8.80. The Morgan fingerprint density at radius 2 is 2.12 bits per heavy atom. The van der Waals surface area contributed by atoms with Gasteiger partial charge in [0.05, 0.1) is 25.5 Å². The van der Waals surface area contributed by atoms with Crippen LogP contribution in [-0.2, 0) is 0 Å². The Balaban J connectivity index is 1.60. The van der Waals surface area contributed by atoms with Crippen molar-refractivity contribution < 1.29 is 18.8 Å². The van der Waals surface area contributed by atoms with Crippen LogP contribution < -0.4 is 14.8 Å². The average molecular weight is 371 g/mol. The predicted octanol–water partition coefficient (Wildman–Crippen LogP) is 3.95. The van der Waals surface area contributed by atoms with E-state index < -0.39 is 0 Å². The molecule has 3 aromatic rings. The zero-order valence-corrected chi connectivity index (χ0v) is 15.1. The normalized spacial score (nSPS) is 13.5. The summed E-state index contributed by atoms with van der Waals surface area (Å²) in [5.41, 5.74) is 1.00. The molecule has 8 heteroatoms. The number of benzene rings is 1. The maximum absolute atomic E-state index is 12.8. The van der Waals surface area contributed by atoms with Crippen LogP contribution in [0.4, 0.5) is 5.69 Å². The molecular weight excluding hydrogens is 354 g/mol. The lowest BCUT2D eigenvalue weighted by atomic mass is 10.1. The molecule has 134 valence electrons. The van der Waals surface area contributed by atoms with Gasteiger partial charge in [-0.3, -0.25) is 4.79 Å². The van der Waals surface area contributed by atoms with Crippen LogP contribution in [0.25, 0.3) is 10.8 Å². The van der Waals surface area contributed by atoms with Gasteiger partial charge in [-0.1, -0.05) is 11.2 Å². The lowest BCUT2D eigenvalue weighted by Crippen LogP contribution is -2.13. The van der Waals surface area contributed by atoms with E-state index in [9.17, 15) is 4.79 Å². The summed E-state index contributed by atoms with van der Waals surface area (Å²) in [6.45, 7) is 0. The molecule has 1 fully saturated rings. The van der Waals surface area contributed by atoms with Crippen LogP contribution in [0.2, 0.25) is 0 Å². The third-order valence-corrected chi connectivity index (χ3v) is 5.04. The van der Waals surface area contributed by atoms with Crippen molar-refractivity contribution in [2.75, 3.05) is 19.5 Å². The van der Waals surface area contributed by atoms with Crippen molar-refractivity contribution in [1.29, 1.82) is 0 Å². The first-order valence-electron chi connectivity index (χ1n) is 8.15. The van der Waals surface area contributed by atoms with Gasteiger partial charge in [-0.25, -0.2) is 0 Å². The summed E-state index contributed by atoms with van der Waals surface area (Å²) in [7, 11) is 3.03. The SMILES string of the molecule is COc1cccc(C(=O)Nc2ccsc2-c2nc(C3CC3)no2)c1OC. The summed E-state index contributed by atoms with van der Waals surface area (Å²) in [4.78, 5) is 17.9. The molecule has 1 amide bonds. The number of hydrogen-bond acceptors (Lipinski definition) is 7. The Kier molecular flexibility index (Phi) is 4.34. The van der Waals surface area contributed by atoms with E-state index in [2.05, 4.69) is 15.5 Å². The minimum Gasteiger partial charge on any atom is -0.493 e. The van der Waals surface area contributed by atoms with Gasteiger partial charge in [-0.05, 0) is 36.4 Å². The standard InChI is InChI=1S/C18H17N3O4S/c1-23-13-5-3-4-11(14(13)24-2)17(22)19-12-8-9-26-15(12)18-20-16(21-25-18)10-6-7-10/h3-5,8-10H,6-7H2,1-2H3,(H,19,22). The molecule has 0 radical (unpaired) electrons. The van der Waals surface area contributed by atoms with E-state index in [4.69, 9.17) is 14.0 Å². The number of thiophene rings is 1. The Morgan fingerprint density at radius 3 is 2.85 bits per heavy atom. The van der Waals surface area contributed by atoms with E-state index in [1.165, 1.54) is 25.6 Å². The van der Waals surface area contributed by atoms with Crippen molar-refractivity contribution in [1.82, 2.24) is 10.1 Å². The minimum atomic E-state index is -0.303. The van der Waals surface area contributed by atoms with Crippen molar-refractivity contribution in [2.24, 2.45) is 0 Å². The summed E-state index contributed by atoms with van der Waals surface area (Å²) in [6.07, 6.45) is 2.20. The predicted molar refractivity (Wildman–Crippen MR) is 97.1 cm³/mol. The fraction of sp³-hybridized carbons (Fsp3) is 0.278. The smallest absolute Gasteiger partial charge is 0.270 e. The van der Waals surface area contributed by atoms with Crippen molar-refractivity contribution in [3.05, 3.63) is 41.0 Å². The molecule has 1 N–H and O–H groups in total. The second-order valence-electron chi connectivity index (χ2n) is 5.89. The van der Waals surface area contributed by atoms with Crippen LogP contribution in [0, 0.1) is 0 Å². The van der Waals surface area contributed by atoms with Crippen molar-refractivity contribution in [3.8, 4) is 22.3 Å². The summed E-state index contributed by atoms with van der Waals surface area (Å²) < 4.78 is 16.0. The van der Waals surface area contributed by atoms with Gasteiger partial charge in [-0.15, -0.1) is 11.3 Å². The first-order chi connectivity index (χ1) is 12.7. The Bertz CT molecular complexity index is 946. The number of methoxy groups -OCH3 is 2. The Morgan fingerprint density at radius 1 is 1.27 bits per heavy atom. The van der Waals surface area contributed by atoms with E-state index in [-0.39, 0.29) is 5.91 Å². The lowest BCUT2D eigenvalue weighted by Gasteiger charge is -2.12. The molecule has 1 aromatic carbocycles. The monoisotopic (exact) mass is 371 g/mol. The largest absolute Gasteiger partial charge is 0.493 e. The van der Waals surface area contributed by atoms with Gasteiger partial charge in [0, 0.05) is 5.92 Å². The van der Waals surface area contributed by atoms with E-state index in [0.717, 1.165) is 23.5 Å². The highest BCUT2D eigenvalue weighted by atomic mass is 32.1. The highest BCUT2D eigenvalue weighted by Gasteiger charge is 2.29. The van der Waals surface area contributed by atoms with Crippen molar-refractivity contribution in [2.45, 2.75) is 18.8 Å². The maximum Gasteiger partial charge on any atom is 0.270 e. The van der Waals surface area contributed by atoms with Crippen LogP contribution in [-0.4, -0.2) is 30.3 Å². The molecular formula is C18H17N3O4S. The Hall–Kier alpha value is -2.87. The molecule has 2 heterocycles. The van der Waals surface area contributed by atoms with Crippen molar-refractivity contribution in [3.63, 3.8) is 0 Å². The number of rotatable bonds is 6. The van der Waals surface area contributed by atoms with Gasteiger partial charge in [0.2, 0.25) is 0 Å². The highest BCUT2D eigenvalue weighted by Crippen LogP contribution is 2.40. The molecule has 0 spiro atoms. The number of anilines is 1. The third-order valence-electron chi connectivity index (χ3n) is 4.14. The zero-order chi connectivity index (χ0) is 18.1. The number of hydrogen-bond donors (Lipinski definition) is 1. The number of nitrogens with one attached hydrogen (secondary N) is 1. The quantitative estimate of drug-likeness (QED) is 0.706. The molecule has 1 saturated carbocycles. The van der Waals surface area contributed by atoms with Crippen LogP contribution >= 0.6 is 11.3 Å². The van der Waals surface area contributed by atoms with Crippen LogP contribution in [0.3, 0.4) is 0 Å². The van der Waals surface area contributed by atoms with Gasteiger partial charge in [0.1, 0.15) is 4.88 Å². The molecule has 0 atom stereocenters. The van der Waals surface area contributed by atoms with Crippen molar-refractivity contribution >= 4 is 22.9 Å². The van der Waals surface area contributed by atoms with Crippen LogP contribution in [0.1, 0.15) is 34.9 Å². The topological polar surface area (TPSA) is 86.5 Å². The van der Waals surface area contributed by atoms with Gasteiger partial charge < -0.3 is 19.3 Å². The molecule has 1 aliphatic carbocycles. The molecule has 26 heavy (non-hydrogen) atoms. The number of aromatic nitrogens is 2. The Labute approximate surface area is 153 Å². The second-order valence-corrected chi connectivity index (χ2v) is 6.81. The summed E-state index contributed by atoms with van der Waals surface area (Å²) >= 11 is 1.44. The maximum atomic E-state index is 12.8. The second kappa shape index (κ2) is 6.80. The lowest BCUT2D eigenvalue weighted by molar-refractivity contribution is 0.102. The zero-order valence-electron chi connectivity index (χ0n) is 14.3. The first-order valence-corrected chi connectivity index (χ1v) is 9.03. The fourth-order valence-electron chi connectivity index (χ4n) is 2.66. The molecule has 1 aliphatic rings. The average Bonchev–Trinajstić information content (AvgIpc) is 3.22. The molecule has 0 unspecified atom stereocenters. The first kappa shape index (κ1) is 16.6. The van der Waals surface area contributed by atoms with E-state index >= 15 is 0 Å². The molecule has 4 rings (SSSR count). The van der Waals surface area contributed by atoms with Gasteiger partial charge in [0.25, 0.3) is 11.8 Å². The number of para-hydroxylation sites is 1. The molecule has 0 bridgehead atoms. The van der Waals surface area contributed by atoms with Gasteiger partial charge in [-0.2, -0.15) is 4.98 Å². The van der Waals surface area contributed by atoms with Crippen LogP contribution in [0.15, 0.2) is 34.2 Å². The number of amides is 1. The van der Waals surface area contributed by atoms with E-state index in [1.807, 2.05) is 11.4 Å². The summed E-state index contributed by atoms with van der Waals surface area (Å²) in [5.74, 6) is 2.15. The van der Waals surface area contributed by atoms with E-state index in [1.54, 1.807) is 18.2 Å². The van der Waals surface area contributed by atoms with Gasteiger partial charge in [0.15, 0.2) is 17.3 Å². The number of carbonyl (C=O) groups excluding carboxylic acids is 1. The fourth-order valence-corrected chi connectivity index (χ4v) is 3.43. The van der Waals surface area contributed by atoms with Gasteiger partial charge >= 0.3 is 0 Å². The number of carbonyl (C=O) groups is 1. The molecule has 0 saturated heterocycles. The summed E-state index contributed by atoms with van der Waals surface area (Å²) in [6, 6.07) is 6.97. The number of nitrogens with zero attached hydrogens (tertiary/aromatic N) is 2. The highest BCUT2D eigenvalue weighted by molar-refractivity contribution is 7.14. The van der Waals surface area contributed by atoms with Crippen LogP contribution in [0.5, 0.6) is 11.5 Å². The number of ether oxygens (including phenoxy) is 2. The molecule has 7 nitrogen and oxygen atoms in total. The van der Waals surface area contributed by atoms with E-state index in [0.29, 0.717) is 34.6 Å². The third kappa shape index (κ3) is 3.03. The minimum absolute atomic E-state index is 0.303. The molecule has 2 aromatic heterocycles. The molecule has 0 aliphatic heterocycles.